The smallest absolute Gasteiger partial charge is 0.335 e. The van der Waals surface area contributed by atoms with Crippen molar-refractivity contribution in [2.45, 2.75) is 6.42 Å². The molecule has 11 heteroatoms. The van der Waals surface area contributed by atoms with Gasteiger partial charge in [0.15, 0.2) is 5.17 Å². The van der Waals surface area contributed by atoms with Gasteiger partial charge in [-0.05, 0) is 53.7 Å². The molecule has 2 aromatic rings. The first-order valence-electron chi connectivity index (χ1n) is 9.07. The minimum absolute atomic E-state index is 0.00907. The molecule has 1 aliphatic heterocycles. The van der Waals surface area contributed by atoms with Crippen LogP contribution in [0.15, 0.2) is 52.4 Å². The Morgan fingerprint density at radius 3 is 2.34 bits per heavy atom. The number of thioether (sulfide) groups is 1. The number of amides is 1. The van der Waals surface area contributed by atoms with E-state index >= 15 is 0 Å². The Hall–Kier alpha value is -4.12. The van der Waals surface area contributed by atoms with Gasteiger partial charge in [-0.25, -0.2) is 14.6 Å². The SMILES string of the molecule is O=C(O)CCOc1cccc(/C=C2\SC(=Nc3cc(C(=O)O)cc(C(=O)O)c3)NC2=O)c1. The lowest BCUT2D eigenvalue weighted by atomic mass is 10.1. The number of rotatable bonds is 8. The van der Waals surface area contributed by atoms with Crippen LogP contribution in [-0.4, -0.2) is 50.9 Å². The highest BCUT2D eigenvalue weighted by Crippen LogP contribution is 2.29. The van der Waals surface area contributed by atoms with Gasteiger partial charge in [0.2, 0.25) is 0 Å². The average molecular weight is 456 g/mol. The summed E-state index contributed by atoms with van der Waals surface area (Å²) in [6.07, 6.45) is 1.44. The third kappa shape index (κ3) is 5.95. The Labute approximate surface area is 185 Å². The van der Waals surface area contributed by atoms with Gasteiger partial charge >= 0.3 is 17.9 Å². The molecule has 2 aromatic carbocycles. The van der Waals surface area contributed by atoms with Crippen LogP contribution in [0, 0.1) is 0 Å². The molecule has 0 unspecified atom stereocenters. The fourth-order valence-electron chi connectivity index (χ4n) is 2.62. The van der Waals surface area contributed by atoms with Crippen molar-refractivity contribution >= 4 is 52.5 Å². The maximum Gasteiger partial charge on any atom is 0.335 e. The molecule has 10 nitrogen and oxygen atoms in total. The minimum Gasteiger partial charge on any atom is -0.493 e. The number of aliphatic imine (C=N–C) groups is 1. The number of nitrogens with zero attached hydrogens (tertiary/aromatic N) is 1. The monoisotopic (exact) mass is 456 g/mol. The molecule has 0 saturated carbocycles. The van der Waals surface area contributed by atoms with Crippen molar-refractivity contribution in [2.24, 2.45) is 4.99 Å². The van der Waals surface area contributed by atoms with Crippen molar-refractivity contribution in [1.82, 2.24) is 5.32 Å². The summed E-state index contributed by atoms with van der Waals surface area (Å²) in [5, 5.41) is 29.7. The number of benzene rings is 2. The number of carbonyl (C=O) groups excluding carboxylic acids is 1. The lowest BCUT2D eigenvalue weighted by Crippen LogP contribution is -2.19. The van der Waals surface area contributed by atoms with Crippen LogP contribution in [-0.2, 0) is 9.59 Å². The van der Waals surface area contributed by atoms with Crippen molar-refractivity contribution in [2.75, 3.05) is 6.61 Å². The summed E-state index contributed by atoms with van der Waals surface area (Å²) in [4.78, 5) is 49.8. The van der Waals surface area contributed by atoms with E-state index in [1.54, 1.807) is 30.3 Å². The molecule has 1 aliphatic rings. The number of aromatic carboxylic acids is 2. The Morgan fingerprint density at radius 1 is 1.03 bits per heavy atom. The number of hydrogen-bond donors (Lipinski definition) is 4. The van der Waals surface area contributed by atoms with E-state index < -0.39 is 23.8 Å². The molecule has 0 bridgehead atoms. The van der Waals surface area contributed by atoms with Gasteiger partial charge in [-0.15, -0.1) is 0 Å². The maximum atomic E-state index is 12.3. The van der Waals surface area contributed by atoms with Crippen LogP contribution in [0.1, 0.15) is 32.7 Å². The van der Waals surface area contributed by atoms with Crippen LogP contribution in [0.2, 0.25) is 0 Å². The Balaban J connectivity index is 1.80. The zero-order valence-corrected chi connectivity index (χ0v) is 17.1. The maximum absolute atomic E-state index is 12.3. The number of carbonyl (C=O) groups is 4. The largest absolute Gasteiger partial charge is 0.493 e. The van der Waals surface area contributed by atoms with E-state index in [1.807, 2.05) is 0 Å². The number of ether oxygens (including phenoxy) is 1. The molecule has 0 aliphatic carbocycles. The van der Waals surface area contributed by atoms with E-state index in [1.165, 1.54) is 12.1 Å². The second-order valence-electron chi connectivity index (χ2n) is 6.43. The van der Waals surface area contributed by atoms with Crippen molar-refractivity contribution in [3.8, 4) is 5.75 Å². The van der Waals surface area contributed by atoms with Crippen LogP contribution in [0.5, 0.6) is 5.75 Å². The number of aliphatic carboxylic acids is 1. The van der Waals surface area contributed by atoms with Gasteiger partial charge in [-0.3, -0.25) is 9.59 Å². The van der Waals surface area contributed by atoms with E-state index in [0.29, 0.717) is 16.2 Å². The van der Waals surface area contributed by atoms with E-state index in [4.69, 9.17) is 20.1 Å². The van der Waals surface area contributed by atoms with Gasteiger partial charge in [0.25, 0.3) is 5.91 Å². The van der Waals surface area contributed by atoms with Gasteiger partial charge in [-0.1, -0.05) is 12.1 Å². The van der Waals surface area contributed by atoms with Crippen LogP contribution in [0.25, 0.3) is 6.08 Å². The first kappa shape index (κ1) is 22.6. The van der Waals surface area contributed by atoms with Crippen molar-refractivity contribution in [1.29, 1.82) is 0 Å². The summed E-state index contributed by atoms with van der Waals surface area (Å²) in [5.74, 6) is -3.56. The van der Waals surface area contributed by atoms with E-state index in [0.717, 1.165) is 17.8 Å². The lowest BCUT2D eigenvalue weighted by Gasteiger charge is -2.05. The van der Waals surface area contributed by atoms with Crippen LogP contribution < -0.4 is 10.1 Å². The van der Waals surface area contributed by atoms with Gasteiger partial charge in [0.05, 0.1) is 34.7 Å². The van der Waals surface area contributed by atoms with E-state index in [9.17, 15) is 19.2 Å². The standard InChI is InChI=1S/C21H16N2O8S/c24-17(25)4-5-31-15-3-1-2-11(6-15)7-16-18(26)23-21(32-16)22-14-9-12(19(27)28)8-13(10-14)20(29)30/h1-3,6-10H,4-5H2,(H,24,25)(H,27,28)(H,29,30)(H,22,23,26)/b16-7-. The van der Waals surface area contributed by atoms with Gasteiger partial charge < -0.3 is 25.4 Å². The highest BCUT2D eigenvalue weighted by Gasteiger charge is 2.24. The summed E-state index contributed by atoms with van der Waals surface area (Å²) in [6.45, 7) is 0.00907. The fraction of sp³-hybridized carbons (Fsp3) is 0.0952. The molecule has 1 saturated heterocycles. The van der Waals surface area contributed by atoms with Crippen LogP contribution in [0.3, 0.4) is 0 Å². The first-order chi connectivity index (χ1) is 15.2. The molecule has 32 heavy (non-hydrogen) atoms. The summed E-state index contributed by atoms with van der Waals surface area (Å²) < 4.78 is 5.37. The minimum atomic E-state index is -1.30. The van der Waals surface area contributed by atoms with Gasteiger partial charge in [0, 0.05) is 0 Å². The predicted molar refractivity (Wildman–Crippen MR) is 115 cm³/mol. The Bertz CT molecular complexity index is 1140. The molecule has 0 aromatic heterocycles. The van der Waals surface area contributed by atoms with Crippen molar-refractivity contribution in [3.05, 3.63) is 64.1 Å². The molecular weight excluding hydrogens is 440 g/mol. The molecule has 3 rings (SSSR count). The number of nitrogens with one attached hydrogen (secondary N) is 1. The topological polar surface area (TPSA) is 163 Å². The molecule has 0 radical (unpaired) electrons. The second kappa shape index (κ2) is 9.79. The summed E-state index contributed by atoms with van der Waals surface area (Å²) in [7, 11) is 0. The van der Waals surface area contributed by atoms with E-state index in [-0.39, 0.29) is 35.0 Å². The summed E-state index contributed by atoms with van der Waals surface area (Å²) in [6, 6.07) is 10.2. The quantitative estimate of drug-likeness (QED) is 0.437. The normalized spacial score (nSPS) is 15.6. The first-order valence-corrected chi connectivity index (χ1v) is 9.89. The fourth-order valence-corrected chi connectivity index (χ4v) is 3.46. The highest BCUT2D eigenvalue weighted by atomic mass is 32.2. The zero-order valence-electron chi connectivity index (χ0n) is 16.3. The molecule has 4 N–H and O–H groups in total. The second-order valence-corrected chi connectivity index (χ2v) is 7.46. The molecule has 1 heterocycles. The molecule has 1 fully saturated rings. The van der Waals surface area contributed by atoms with Crippen molar-refractivity contribution < 1.29 is 39.2 Å². The molecular formula is C21H16N2O8S. The predicted octanol–water partition coefficient (Wildman–Crippen LogP) is 2.83. The zero-order chi connectivity index (χ0) is 23.3. The molecule has 0 spiro atoms. The number of carboxylic acids is 3. The summed E-state index contributed by atoms with van der Waals surface area (Å²) >= 11 is 1.00. The third-order valence-electron chi connectivity index (χ3n) is 4.03. The van der Waals surface area contributed by atoms with E-state index in [2.05, 4.69) is 10.3 Å². The highest BCUT2D eigenvalue weighted by molar-refractivity contribution is 8.18. The number of amidine groups is 1. The number of carboxylic acid groups (broad SMARTS) is 3. The molecule has 0 atom stereocenters. The van der Waals surface area contributed by atoms with Crippen LogP contribution in [0.4, 0.5) is 5.69 Å². The number of hydrogen-bond acceptors (Lipinski definition) is 7. The van der Waals surface area contributed by atoms with Gasteiger partial charge in [0.1, 0.15) is 5.75 Å². The lowest BCUT2D eigenvalue weighted by molar-refractivity contribution is -0.137. The summed E-state index contributed by atoms with van der Waals surface area (Å²) in [5.41, 5.74) is 0.223. The third-order valence-corrected chi connectivity index (χ3v) is 4.94. The average Bonchev–Trinajstić information content (AvgIpc) is 3.06. The van der Waals surface area contributed by atoms with Crippen molar-refractivity contribution in [3.63, 3.8) is 0 Å². The molecule has 1 amide bonds. The Morgan fingerprint density at radius 2 is 1.72 bits per heavy atom. The Kier molecular flexibility index (Phi) is 6.90. The molecule has 164 valence electrons. The van der Waals surface area contributed by atoms with Gasteiger partial charge in [-0.2, -0.15) is 0 Å². The van der Waals surface area contributed by atoms with Crippen LogP contribution >= 0.6 is 11.8 Å².